The Morgan fingerprint density at radius 3 is 2.26 bits per heavy atom. The highest BCUT2D eigenvalue weighted by molar-refractivity contribution is 5.77. The lowest BCUT2D eigenvalue weighted by molar-refractivity contribution is -0.140. The number of rotatable bonds is 6. The van der Waals surface area contributed by atoms with E-state index in [1.807, 2.05) is 17.0 Å². The van der Waals surface area contributed by atoms with Gasteiger partial charge in [0, 0.05) is 38.2 Å². The average molecular weight is 425 g/mol. The van der Waals surface area contributed by atoms with Gasteiger partial charge in [-0.2, -0.15) is 0 Å². The van der Waals surface area contributed by atoms with Crippen molar-refractivity contribution in [3.05, 3.63) is 54.1 Å². The summed E-state index contributed by atoms with van der Waals surface area (Å²) in [5.41, 5.74) is 3.51. The number of aliphatic hydroxyl groups is 1. The molecule has 2 aromatic carbocycles. The predicted octanol–water partition coefficient (Wildman–Crippen LogP) is 2.76. The molecule has 1 amide bonds. The lowest BCUT2D eigenvalue weighted by atomic mass is 9.74. The van der Waals surface area contributed by atoms with E-state index in [0.29, 0.717) is 6.54 Å². The molecule has 0 aromatic heterocycles. The van der Waals surface area contributed by atoms with E-state index in [4.69, 9.17) is 9.47 Å². The Hall–Kier alpha value is -2.41. The summed E-state index contributed by atoms with van der Waals surface area (Å²) in [4.78, 5) is 16.8. The van der Waals surface area contributed by atoms with Gasteiger partial charge in [-0.15, -0.1) is 0 Å². The first-order valence-corrected chi connectivity index (χ1v) is 11.0. The van der Waals surface area contributed by atoms with Crippen LogP contribution in [0.1, 0.15) is 24.3 Å². The molecule has 1 N–H and O–H groups in total. The fraction of sp³-hybridized carbons (Fsp3) is 0.480. The molecule has 2 aromatic rings. The molecule has 166 valence electrons. The van der Waals surface area contributed by atoms with Crippen LogP contribution in [0.15, 0.2) is 48.5 Å². The second-order valence-corrected chi connectivity index (χ2v) is 8.41. The number of fused-ring (bicyclic) bond motifs is 1. The molecule has 0 spiro atoms. The molecule has 0 saturated carbocycles. The van der Waals surface area contributed by atoms with Gasteiger partial charge in [0.05, 0.1) is 13.7 Å². The molecule has 6 heteroatoms. The quantitative estimate of drug-likeness (QED) is 0.773. The zero-order chi connectivity index (χ0) is 21.8. The third kappa shape index (κ3) is 4.47. The number of methoxy groups -OCH3 is 2. The summed E-state index contributed by atoms with van der Waals surface area (Å²) in [6.07, 6.45) is 2.02. The van der Waals surface area contributed by atoms with Gasteiger partial charge in [0.25, 0.3) is 0 Å². The molecule has 2 aliphatic rings. The lowest BCUT2D eigenvalue weighted by Gasteiger charge is -2.57. The van der Waals surface area contributed by atoms with E-state index in [0.717, 1.165) is 42.8 Å². The van der Waals surface area contributed by atoms with Crippen LogP contribution in [0, 0.1) is 0 Å². The zero-order valence-electron chi connectivity index (χ0n) is 18.4. The Labute approximate surface area is 184 Å². The topological polar surface area (TPSA) is 62.2 Å². The van der Waals surface area contributed by atoms with E-state index in [1.165, 1.54) is 5.56 Å². The fourth-order valence-electron chi connectivity index (χ4n) is 5.06. The highest BCUT2D eigenvalue weighted by Crippen LogP contribution is 2.42. The number of hydrogen-bond donors (Lipinski definition) is 1. The van der Waals surface area contributed by atoms with E-state index in [-0.39, 0.29) is 37.1 Å². The van der Waals surface area contributed by atoms with Crippen LogP contribution in [-0.4, -0.2) is 80.0 Å². The van der Waals surface area contributed by atoms with Gasteiger partial charge in [-0.05, 0) is 48.2 Å². The van der Waals surface area contributed by atoms with E-state index < -0.39 is 0 Å². The molecule has 2 heterocycles. The van der Waals surface area contributed by atoms with Crippen LogP contribution in [-0.2, 0) is 9.53 Å². The Morgan fingerprint density at radius 2 is 1.65 bits per heavy atom. The maximum absolute atomic E-state index is 12.5. The van der Waals surface area contributed by atoms with Gasteiger partial charge in [0.15, 0.2) is 0 Å². The van der Waals surface area contributed by atoms with Crippen LogP contribution in [0.3, 0.4) is 0 Å². The number of benzene rings is 2. The third-order valence-corrected chi connectivity index (χ3v) is 6.71. The smallest absolute Gasteiger partial charge is 0.248 e. The molecule has 6 nitrogen and oxygen atoms in total. The van der Waals surface area contributed by atoms with Crippen molar-refractivity contribution in [2.75, 3.05) is 47.1 Å². The largest absolute Gasteiger partial charge is 0.497 e. The first-order valence-electron chi connectivity index (χ1n) is 11.0. The van der Waals surface area contributed by atoms with Crippen molar-refractivity contribution in [2.24, 2.45) is 0 Å². The molecule has 2 aliphatic heterocycles. The SMILES string of the molecule is COCC(=O)N1CCCCN2[C@H](C1)[C@H](c1ccc(-c3ccc(OC)cc3)cc1)[C@@H]2CO. The molecule has 4 rings (SSSR count). The highest BCUT2D eigenvalue weighted by atomic mass is 16.5. The first kappa shape index (κ1) is 21.8. The van der Waals surface area contributed by atoms with Gasteiger partial charge < -0.3 is 19.5 Å². The molecular formula is C25H32N2O4. The molecule has 2 saturated heterocycles. The number of carbonyl (C=O) groups excluding carboxylic acids is 1. The monoisotopic (exact) mass is 424 g/mol. The normalized spacial score (nSPS) is 24.0. The minimum atomic E-state index is 0.0467. The van der Waals surface area contributed by atoms with Crippen LogP contribution < -0.4 is 4.74 Å². The Morgan fingerprint density at radius 1 is 1.00 bits per heavy atom. The van der Waals surface area contributed by atoms with Gasteiger partial charge in [0.1, 0.15) is 12.4 Å². The number of amides is 1. The second-order valence-electron chi connectivity index (χ2n) is 8.41. The van der Waals surface area contributed by atoms with E-state index in [2.05, 4.69) is 41.3 Å². The highest BCUT2D eigenvalue weighted by Gasteiger charge is 2.49. The summed E-state index contributed by atoms with van der Waals surface area (Å²) in [6, 6.07) is 17.0. The average Bonchev–Trinajstić information content (AvgIpc) is 2.78. The predicted molar refractivity (Wildman–Crippen MR) is 120 cm³/mol. The third-order valence-electron chi connectivity index (χ3n) is 6.71. The van der Waals surface area contributed by atoms with Crippen molar-refractivity contribution in [1.82, 2.24) is 9.80 Å². The molecule has 0 radical (unpaired) electrons. The van der Waals surface area contributed by atoms with Crippen LogP contribution in [0.5, 0.6) is 5.75 Å². The van der Waals surface area contributed by atoms with Crippen LogP contribution in [0.4, 0.5) is 0 Å². The van der Waals surface area contributed by atoms with Gasteiger partial charge >= 0.3 is 0 Å². The maximum atomic E-state index is 12.5. The van der Waals surface area contributed by atoms with Crippen molar-refractivity contribution in [3.8, 4) is 16.9 Å². The molecule has 0 aliphatic carbocycles. The maximum Gasteiger partial charge on any atom is 0.248 e. The van der Waals surface area contributed by atoms with E-state index >= 15 is 0 Å². The number of carbonyl (C=O) groups is 1. The summed E-state index contributed by atoms with van der Waals surface area (Å²) in [6.45, 7) is 2.69. The molecule has 31 heavy (non-hydrogen) atoms. The van der Waals surface area contributed by atoms with Crippen molar-refractivity contribution in [2.45, 2.75) is 30.8 Å². The Bertz CT molecular complexity index is 868. The molecule has 2 fully saturated rings. The van der Waals surface area contributed by atoms with E-state index in [9.17, 15) is 9.90 Å². The van der Waals surface area contributed by atoms with Crippen molar-refractivity contribution >= 4 is 5.91 Å². The minimum absolute atomic E-state index is 0.0467. The number of aliphatic hydroxyl groups excluding tert-OH is 1. The van der Waals surface area contributed by atoms with Gasteiger partial charge in [-0.25, -0.2) is 0 Å². The van der Waals surface area contributed by atoms with Crippen LogP contribution in [0.2, 0.25) is 0 Å². The van der Waals surface area contributed by atoms with Gasteiger partial charge in [0.2, 0.25) is 5.91 Å². The molecule has 0 unspecified atom stereocenters. The first-order chi connectivity index (χ1) is 15.2. The lowest BCUT2D eigenvalue weighted by Crippen LogP contribution is -2.68. The van der Waals surface area contributed by atoms with Gasteiger partial charge in [-0.3, -0.25) is 9.69 Å². The fourth-order valence-corrected chi connectivity index (χ4v) is 5.06. The molecule has 0 bridgehead atoms. The standard InChI is InChI=1S/C25H32N2O4/c1-30-17-24(29)26-13-3-4-14-27-22(15-26)25(23(27)16-28)20-7-5-18(6-8-20)19-9-11-21(31-2)12-10-19/h5-12,22-23,25,28H,3-4,13-17H2,1-2H3/t22-,23+,25+/m1/s1. The number of ether oxygens (including phenoxy) is 2. The van der Waals surface area contributed by atoms with Crippen LogP contribution >= 0.6 is 0 Å². The molecular weight excluding hydrogens is 392 g/mol. The number of hydrogen-bond acceptors (Lipinski definition) is 5. The van der Waals surface area contributed by atoms with Crippen molar-refractivity contribution in [3.63, 3.8) is 0 Å². The van der Waals surface area contributed by atoms with E-state index in [1.54, 1.807) is 14.2 Å². The van der Waals surface area contributed by atoms with Crippen molar-refractivity contribution in [1.29, 1.82) is 0 Å². The summed E-state index contributed by atoms with van der Waals surface area (Å²) in [5.74, 6) is 1.11. The molecule has 3 atom stereocenters. The minimum Gasteiger partial charge on any atom is -0.497 e. The summed E-state index contributed by atoms with van der Waals surface area (Å²) in [7, 11) is 3.23. The summed E-state index contributed by atoms with van der Waals surface area (Å²) < 4.78 is 10.3. The number of nitrogens with zero attached hydrogens (tertiary/aromatic N) is 2. The zero-order valence-corrected chi connectivity index (χ0v) is 18.4. The van der Waals surface area contributed by atoms with Crippen LogP contribution in [0.25, 0.3) is 11.1 Å². The Balaban J connectivity index is 1.54. The Kier molecular flexibility index (Phi) is 6.90. The second kappa shape index (κ2) is 9.81. The van der Waals surface area contributed by atoms with Crippen molar-refractivity contribution < 1.29 is 19.4 Å². The summed E-state index contributed by atoms with van der Waals surface area (Å²) in [5, 5.41) is 10.1. The van der Waals surface area contributed by atoms with Gasteiger partial charge in [-0.1, -0.05) is 36.4 Å². The summed E-state index contributed by atoms with van der Waals surface area (Å²) >= 11 is 0.